The van der Waals surface area contributed by atoms with Gasteiger partial charge >= 0.3 is 0 Å². The fourth-order valence-corrected chi connectivity index (χ4v) is 2.25. The van der Waals surface area contributed by atoms with E-state index in [9.17, 15) is 0 Å². The molecule has 76 valence electrons. The largest absolute Gasteiger partial charge is 0.399 e. The van der Waals surface area contributed by atoms with Crippen molar-refractivity contribution in [3.05, 3.63) is 47.7 Å². The van der Waals surface area contributed by atoms with Crippen molar-refractivity contribution in [2.45, 2.75) is 9.79 Å². The highest BCUT2D eigenvalue weighted by atomic mass is 35.5. The number of nitrogen functional groups attached to an aromatic ring is 1. The molecule has 2 rings (SSSR count). The number of anilines is 1. The van der Waals surface area contributed by atoms with Gasteiger partial charge in [-0.3, -0.25) is 4.98 Å². The van der Waals surface area contributed by atoms with E-state index in [1.54, 1.807) is 30.2 Å². The number of hydrogen-bond donors (Lipinski definition) is 1. The Morgan fingerprint density at radius 3 is 2.80 bits per heavy atom. The zero-order chi connectivity index (χ0) is 10.7. The van der Waals surface area contributed by atoms with Crippen LogP contribution in [-0.2, 0) is 0 Å². The molecule has 0 saturated carbocycles. The second-order valence-electron chi connectivity index (χ2n) is 2.98. The van der Waals surface area contributed by atoms with Gasteiger partial charge in [-0.05, 0) is 30.3 Å². The van der Waals surface area contributed by atoms with Crippen molar-refractivity contribution in [2.24, 2.45) is 0 Å². The smallest absolute Gasteiger partial charge is 0.0565 e. The van der Waals surface area contributed by atoms with E-state index >= 15 is 0 Å². The standard InChI is InChI=1S/C11H9ClN2S/c12-10-6-8(13)3-4-11(10)15-9-2-1-5-14-7-9/h1-7H,13H2. The molecule has 0 atom stereocenters. The first-order chi connectivity index (χ1) is 7.25. The number of rotatable bonds is 2. The van der Waals surface area contributed by atoms with Crippen LogP contribution in [0, 0.1) is 0 Å². The number of halogens is 1. The molecular formula is C11H9ClN2S. The topological polar surface area (TPSA) is 38.9 Å². The number of pyridine rings is 1. The first kappa shape index (κ1) is 10.3. The number of nitrogens with two attached hydrogens (primary N) is 1. The number of hydrogen-bond acceptors (Lipinski definition) is 3. The maximum Gasteiger partial charge on any atom is 0.0565 e. The van der Waals surface area contributed by atoms with Crippen LogP contribution in [0.3, 0.4) is 0 Å². The first-order valence-electron chi connectivity index (χ1n) is 4.38. The van der Waals surface area contributed by atoms with Crippen LogP contribution < -0.4 is 5.73 Å². The Kier molecular flexibility index (Phi) is 3.14. The van der Waals surface area contributed by atoms with Gasteiger partial charge < -0.3 is 5.73 Å². The van der Waals surface area contributed by atoms with E-state index in [-0.39, 0.29) is 0 Å². The maximum absolute atomic E-state index is 6.06. The molecule has 0 fully saturated rings. The van der Waals surface area contributed by atoms with Crippen molar-refractivity contribution in [3.8, 4) is 0 Å². The molecular weight excluding hydrogens is 228 g/mol. The van der Waals surface area contributed by atoms with Crippen molar-refractivity contribution in [1.29, 1.82) is 0 Å². The minimum Gasteiger partial charge on any atom is -0.399 e. The lowest BCUT2D eigenvalue weighted by Crippen LogP contribution is -1.84. The summed E-state index contributed by atoms with van der Waals surface area (Å²) in [6.45, 7) is 0. The molecule has 0 spiro atoms. The van der Waals surface area contributed by atoms with Crippen LogP contribution in [0.4, 0.5) is 5.69 Å². The molecule has 0 unspecified atom stereocenters. The lowest BCUT2D eigenvalue weighted by molar-refractivity contribution is 1.23. The molecule has 15 heavy (non-hydrogen) atoms. The van der Waals surface area contributed by atoms with E-state index in [1.807, 2.05) is 24.3 Å². The second-order valence-corrected chi connectivity index (χ2v) is 4.50. The molecule has 1 aromatic heterocycles. The maximum atomic E-state index is 6.06. The van der Waals surface area contributed by atoms with E-state index in [1.165, 1.54) is 0 Å². The predicted molar refractivity (Wildman–Crippen MR) is 64.2 cm³/mol. The molecule has 0 aliphatic heterocycles. The minimum absolute atomic E-state index is 0.670. The Hall–Kier alpha value is -1.19. The van der Waals surface area contributed by atoms with E-state index in [2.05, 4.69) is 4.98 Å². The van der Waals surface area contributed by atoms with Crippen molar-refractivity contribution in [3.63, 3.8) is 0 Å². The Morgan fingerprint density at radius 2 is 2.13 bits per heavy atom. The Labute approximate surface area is 97.5 Å². The Morgan fingerprint density at radius 1 is 1.27 bits per heavy atom. The average molecular weight is 237 g/mol. The van der Waals surface area contributed by atoms with Crippen LogP contribution in [0.1, 0.15) is 0 Å². The Balaban J connectivity index is 2.25. The van der Waals surface area contributed by atoms with Crippen LogP contribution in [-0.4, -0.2) is 4.98 Å². The summed E-state index contributed by atoms with van der Waals surface area (Å²) in [5.74, 6) is 0. The monoisotopic (exact) mass is 236 g/mol. The molecule has 2 N–H and O–H groups in total. The summed E-state index contributed by atoms with van der Waals surface area (Å²) in [6.07, 6.45) is 3.55. The van der Waals surface area contributed by atoms with Gasteiger partial charge in [-0.2, -0.15) is 0 Å². The van der Waals surface area contributed by atoms with Gasteiger partial charge in [0.05, 0.1) is 5.02 Å². The van der Waals surface area contributed by atoms with Crippen LogP contribution in [0.5, 0.6) is 0 Å². The first-order valence-corrected chi connectivity index (χ1v) is 5.58. The number of benzene rings is 1. The SMILES string of the molecule is Nc1ccc(Sc2cccnc2)c(Cl)c1. The zero-order valence-corrected chi connectivity index (χ0v) is 9.42. The molecule has 4 heteroatoms. The van der Waals surface area contributed by atoms with Crippen molar-refractivity contribution >= 4 is 29.1 Å². The number of nitrogens with zero attached hydrogens (tertiary/aromatic N) is 1. The minimum atomic E-state index is 0.670. The van der Waals surface area contributed by atoms with Crippen molar-refractivity contribution < 1.29 is 0 Å². The number of aromatic nitrogens is 1. The molecule has 1 aromatic carbocycles. The lowest BCUT2D eigenvalue weighted by Gasteiger charge is -2.04. The molecule has 0 aliphatic rings. The molecule has 0 radical (unpaired) electrons. The van der Waals surface area contributed by atoms with Crippen molar-refractivity contribution in [1.82, 2.24) is 4.98 Å². The van der Waals surface area contributed by atoms with Gasteiger partial charge in [0.1, 0.15) is 0 Å². The van der Waals surface area contributed by atoms with E-state index in [0.717, 1.165) is 9.79 Å². The van der Waals surface area contributed by atoms with Crippen LogP contribution >= 0.6 is 23.4 Å². The molecule has 0 saturated heterocycles. The van der Waals surface area contributed by atoms with Gasteiger partial charge in [0.2, 0.25) is 0 Å². The van der Waals surface area contributed by atoms with Gasteiger partial charge in [-0.15, -0.1) is 0 Å². The summed E-state index contributed by atoms with van der Waals surface area (Å²) in [4.78, 5) is 6.08. The van der Waals surface area contributed by atoms with Crippen LogP contribution in [0.25, 0.3) is 0 Å². The Bertz CT molecular complexity index is 459. The van der Waals surface area contributed by atoms with Gasteiger partial charge in [0.15, 0.2) is 0 Å². The predicted octanol–water partition coefficient (Wildman–Crippen LogP) is 3.47. The molecule has 1 heterocycles. The molecule has 2 aromatic rings. The van der Waals surface area contributed by atoms with Gasteiger partial charge in [0, 0.05) is 27.9 Å². The van der Waals surface area contributed by atoms with Crippen molar-refractivity contribution in [2.75, 3.05) is 5.73 Å². The van der Waals surface area contributed by atoms with E-state index < -0.39 is 0 Å². The quantitative estimate of drug-likeness (QED) is 0.812. The molecule has 0 aliphatic carbocycles. The molecule has 0 amide bonds. The average Bonchev–Trinajstić information content (AvgIpc) is 2.24. The zero-order valence-electron chi connectivity index (χ0n) is 7.85. The van der Waals surface area contributed by atoms with Gasteiger partial charge in [-0.25, -0.2) is 0 Å². The summed E-state index contributed by atoms with van der Waals surface area (Å²) in [7, 11) is 0. The van der Waals surface area contributed by atoms with Crippen LogP contribution in [0.15, 0.2) is 52.5 Å². The van der Waals surface area contributed by atoms with E-state index in [4.69, 9.17) is 17.3 Å². The molecule has 0 bridgehead atoms. The highest BCUT2D eigenvalue weighted by molar-refractivity contribution is 7.99. The highest BCUT2D eigenvalue weighted by Crippen LogP contribution is 2.33. The second kappa shape index (κ2) is 4.55. The third-order valence-corrected chi connectivity index (χ3v) is 3.30. The summed E-state index contributed by atoms with van der Waals surface area (Å²) in [5.41, 5.74) is 6.29. The van der Waals surface area contributed by atoms with Gasteiger partial charge in [0.25, 0.3) is 0 Å². The molecule has 2 nitrogen and oxygen atoms in total. The fourth-order valence-electron chi connectivity index (χ4n) is 1.13. The van der Waals surface area contributed by atoms with Gasteiger partial charge in [-0.1, -0.05) is 23.4 Å². The summed E-state index contributed by atoms with van der Waals surface area (Å²) in [6, 6.07) is 9.39. The normalized spacial score (nSPS) is 10.2. The summed E-state index contributed by atoms with van der Waals surface area (Å²) in [5, 5.41) is 0.670. The summed E-state index contributed by atoms with van der Waals surface area (Å²) >= 11 is 7.63. The lowest BCUT2D eigenvalue weighted by atomic mass is 10.3. The fraction of sp³-hybridized carbons (Fsp3) is 0. The highest BCUT2D eigenvalue weighted by Gasteiger charge is 2.02. The third kappa shape index (κ3) is 2.64. The van der Waals surface area contributed by atoms with Crippen LogP contribution in [0.2, 0.25) is 5.02 Å². The van der Waals surface area contributed by atoms with E-state index in [0.29, 0.717) is 10.7 Å². The summed E-state index contributed by atoms with van der Waals surface area (Å²) < 4.78 is 0. The third-order valence-electron chi connectivity index (χ3n) is 1.82.